The van der Waals surface area contributed by atoms with Gasteiger partial charge >= 0.3 is 0 Å². The minimum absolute atomic E-state index is 0.325. The van der Waals surface area contributed by atoms with Crippen LogP contribution in [0.2, 0.25) is 0 Å². The van der Waals surface area contributed by atoms with Gasteiger partial charge < -0.3 is 16.0 Å². The van der Waals surface area contributed by atoms with Crippen LogP contribution in [0, 0.1) is 11.3 Å². The lowest BCUT2D eigenvalue weighted by Gasteiger charge is -2.15. The Morgan fingerprint density at radius 1 is 1.69 bits per heavy atom. The average molecular weight is 237 g/mol. The minimum atomic E-state index is 0.325. The van der Waals surface area contributed by atoms with Gasteiger partial charge in [-0.15, -0.1) is 0 Å². The molecule has 0 unspecified atom stereocenters. The van der Waals surface area contributed by atoms with Gasteiger partial charge in [-0.2, -0.15) is 9.64 Å². The third-order valence-electron chi connectivity index (χ3n) is 2.75. The van der Waals surface area contributed by atoms with Gasteiger partial charge in [0.05, 0.1) is 0 Å². The second-order valence-electron chi connectivity index (χ2n) is 4.02. The summed E-state index contributed by atoms with van der Waals surface area (Å²) in [4.78, 5) is 2.34. The van der Waals surface area contributed by atoms with Crippen molar-refractivity contribution in [1.29, 1.82) is 5.26 Å². The lowest BCUT2D eigenvalue weighted by molar-refractivity contribution is 0.337. The number of aromatic nitrogens is 1. The zero-order valence-corrected chi connectivity index (χ0v) is 10.0. The molecule has 1 saturated carbocycles. The van der Waals surface area contributed by atoms with Crippen molar-refractivity contribution >= 4 is 22.4 Å². The molecule has 3 N–H and O–H groups in total. The van der Waals surface area contributed by atoms with Crippen LogP contribution in [0.15, 0.2) is 0 Å². The van der Waals surface area contributed by atoms with Gasteiger partial charge in [-0.05, 0) is 31.4 Å². The molecule has 1 aliphatic carbocycles. The second kappa shape index (κ2) is 4.68. The predicted octanol–water partition coefficient (Wildman–Crippen LogP) is 1.10. The number of nitrogens with zero attached hydrogens (tertiary/aromatic N) is 3. The van der Waals surface area contributed by atoms with E-state index in [0.29, 0.717) is 11.4 Å². The summed E-state index contributed by atoms with van der Waals surface area (Å²) in [5, 5.41) is 12.9. The van der Waals surface area contributed by atoms with Crippen LogP contribution in [0.25, 0.3) is 0 Å². The van der Waals surface area contributed by atoms with E-state index in [9.17, 15) is 0 Å². The molecule has 0 amide bonds. The smallest absolute Gasteiger partial charge is 0.157 e. The number of nitriles is 1. The lowest BCUT2D eigenvalue weighted by atomic mass is 10.3. The SMILES string of the molecule is CN(CCNc1snc(N)c1C#N)C1CC1. The Kier molecular flexibility index (Phi) is 3.27. The highest BCUT2D eigenvalue weighted by Gasteiger charge is 2.25. The fraction of sp³-hybridized carbons (Fsp3) is 0.600. The van der Waals surface area contributed by atoms with E-state index < -0.39 is 0 Å². The molecule has 86 valence electrons. The Morgan fingerprint density at radius 3 is 3.06 bits per heavy atom. The Bertz CT molecular complexity index is 404. The molecule has 0 bridgehead atoms. The average Bonchev–Trinajstić information content (AvgIpc) is 3.05. The number of nitrogens with one attached hydrogen (secondary N) is 1. The first-order chi connectivity index (χ1) is 7.72. The van der Waals surface area contributed by atoms with Crippen molar-refractivity contribution in [2.24, 2.45) is 0 Å². The Morgan fingerprint density at radius 2 is 2.44 bits per heavy atom. The summed E-state index contributed by atoms with van der Waals surface area (Å²) in [6.45, 7) is 1.80. The molecule has 1 heterocycles. The van der Waals surface area contributed by atoms with Crippen LogP contribution in [-0.4, -0.2) is 35.5 Å². The van der Waals surface area contributed by atoms with Crippen molar-refractivity contribution in [2.45, 2.75) is 18.9 Å². The molecular formula is C10H15N5S. The number of hydrogen-bond donors (Lipinski definition) is 2. The van der Waals surface area contributed by atoms with Crippen LogP contribution in [0.1, 0.15) is 18.4 Å². The van der Waals surface area contributed by atoms with E-state index in [2.05, 4.69) is 27.7 Å². The number of rotatable bonds is 5. The fourth-order valence-corrected chi connectivity index (χ4v) is 2.26. The van der Waals surface area contributed by atoms with E-state index in [1.165, 1.54) is 24.4 Å². The highest BCUT2D eigenvalue weighted by Crippen LogP contribution is 2.26. The predicted molar refractivity (Wildman–Crippen MR) is 65.4 cm³/mol. The van der Waals surface area contributed by atoms with Crippen molar-refractivity contribution in [2.75, 3.05) is 31.2 Å². The molecule has 0 atom stereocenters. The second-order valence-corrected chi connectivity index (χ2v) is 4.80. The van der Waals surface area contributed by atoms with Crippen molar-refractivity contribution < 1.29 is 0 Å². The van der Waals surface area contributed by atoms with Gasteiger partial charge in [-0.25, -0.2) is 0 Å². The molecule has 1 aliphatic rings. The van der Waals surface area contributed by atoms with Crippen molar-refractivity contribution in [3.05, 3.63) is 5.56 Å². The fourth-order valence-electron chi connectivity index (χ4n) is 1.57. The van der Waals surface area contributed by atoms with Gasteiger partial charge in [0.2, 0.25) is 0 Å². The van der Waals surface area contributed by atoms with Gasteiger partial charge in [0.15, 0.2) is 5.82 Å². The first-order valence-corrected chi connectivity index (χ1v) is 6.09. The maximum absolute atomic E-state index is 8.88. The van der Waals surface area contributed by atoms with Gasteiger partial charge in [-0.3, -0.25) is 0 Å². The topological polar surface area (TPSA) is 78.0 Å². The van der Waals surface area contributed by atoms with Crippen LogP contribution in [-0.2, 0) is 0 Å². The largest absolute Gasteiger partial charge is 0.382 e. The van der Waals surface area contributed by atoms with Gasteiger partial charge in [0.1, 0.15) is 16.6 Å². The van der Waals surface area contributed by atoms with Crippen LogP contribution < -0.4 is 11.1 Å². The maximum atomic E-state index is 8.88. The summed E-state index contributed by atoms with van der Waals surface area (Å²) in [6, 6.07) is 2.83. The standard InChI is InChI=1S/C10H15N5S/c1-15(7-2-3-7)5-4-13-10-8(6-11)9(12)14-16-10/h7,13H,2-5H2,1H3,(H2,12,14). The molecule has 1 aromatic rings. The molecule has 1 fully saturated rings. The van der Waals surface area contributed by atoms with Crippen molar-refractivity contribution in [3.8, 4) is 6.07 Å². The van der Waals surface area contributed by atoms with Crippen molar-refractivity contribution in [1.82, 2.24) is 9.27 Å². The number of hydrogen-bond acceptors (Lipinski definition) is 6. The van der Waals surface area contributed by atoms with Crippen LogP contribution in [0.3, 0.4) is 0 Å². The summed E-state index contributed by atoms with van der Waals surface area (Å²) < 4.78 is 3.95. The van der Waals surface area contributed by atoms with Gasteiger partial charge in [0, 0.05) is 19.1 Å². The minimum Gasteiger partial charge on any atom is -0.382 e. The summed E-state index contributed by atoms with van der Waals surface area (Å²) in [7, 11) is 2.13. The van der Waals surface area contributed by atoms with E-state index >= 15 is 0 Å². The highest BCUT2D eigenvalue weighted by molar-refractivity contribution is 7.10. The first-order valence-electron chi connectivity index (χ1n) is 5.31. The third kappa shape index (κ3) is 2.43. The summed E-state index contributed by atoms with van der Waals surface area (Å²) in [5.74, 6) is 0.325. The highest BCUT2D eigenvalue weighted by atomic mass is 32.1. The van der Waals surface area contributed by atoms with E-state index in [4.69, 9.17) is 11.0 Å². The zero-order valence-electron chi connectivity index (χ0n) is 9.23. The molecule has 5 nitrogen and oxygen atoms in total. The molecule has 0 aliphatic heterocycles. The van der Waals surface area contributed by atoms with Crippen molar-refractivity contribution in [3.63, 3.8) is 0 Å². The number of nitrogen functional groups attached to an aromatic ring is 1. The third-order valence-corrected chi connectivity index (χ3v) is 3.57. The van der Waals surface area contributed by atoms with E-state index in [0.717, 1.165) is 24.1 Å². The number of nitrogens with two attached hydrogens (primary N) is 1. The lowest BCUT2D eigenvalue weighted by Crippen LogP contribution is -2.26. The zero-order chi connectivity index (χ0) is 11.5. The quantitative estimate of drug-likeness (QED) is 0.802. The Balaban J connectivity index is 1.82. The molecular weight excluding hydrogens is 222 g/mol. The summed E-state index contributed by atoms with van der Waals surface area (Å²) in [6.07, 6.45) is 2.63. The summed E-state index contributed by atoms with van der Waals surface area (Å²) in [5.41, 5.74) is 6.04. The van der Waals surface area contributed by atoms with Crippen LogP contribution >= 0.6 is 11.5 Å². The monoisotopic (exact) mass is 237 g/mol. The molecule has 0 spiro atoms. The molecule has 0 aromatic carbocycles. The van der Waals surface area contributed by atoms with E-state index in [1.807, 2.05) is 0 Å². The normalized spacial score (nSPS) is 15.1. The number of anilines is 2. The molecule has 0 radical (unpaired) electrons. The van der Waals surface area contributed by atoms with E-state index in [-0.39, 0.29) is 0 Å². The molecule has 1 aromatic heterocycles. The molecule has 0 saturated heterocycles. The van der Waals surface area contributed by atoms with Gasteiger partial charge in [-0.1, -0.05) is 0 Å². The van der Waals surface area contributed by atoms with E-state index in [1.54, 1.807) is 0 Å². The number of likely N-dealkylation sites (N-methyl/N-ethyl adjacent to an activating group) is 1. The molecule has 16 heavy (non-hydrogen) atoms. The Hall–Kier alpha value is -1.32. The molecule has 2 rings (SSSR count). The Labute approximate surface area is 99.0 Å². The van der Waals surface area contributed by atoms with Crippen LogP contribution in [0.4, 0.5) is 10.8 Å². The first kappa shape index (κ1) is 11.2. The summed E-state index contributed by atoms with van der Waals surface area (Å²) >= 11 is 1.25. The maximum Gasteiger partial charge on any atom is 0.157 e. The molecule has 6 heteroatoms. The van der Waals surface area contributed by atoms with Gasteiger partial charge in [0.25, 0.3) is 0 Å². The van der Waals surface area contributed by atoms with Crippen LogP contribution in [0.5, 0.6) is 0 Å².